The molecule has 0 saturated heterocycles. The molecule has 0 radical (unpaired) electrons. The highest BCUT2D eigenvalue weighted by Gasteiger charge is 2.67. The van der Waals surface area contributed by atoms with Crippen LogP contribution in [0.4, 0.5) is 0 Å². The Morgan fingerprint density at radius 2 is 1.86 bits per heavy atom. The molecule has 2 heteroatoms. The van der Waals surface area contributed by atoms with Crippen molar-refractivity contribution in [2.45, 2.75) is 70.3 Å². The Morgan fingerprint density at radius 1 is 1.05 bits per heavy atom. The number of hydrogen-bond acceptors (Lipinski definition) is 2. The molecule has 0 aromatic carbocycles. The average Bonchev–Trinajstić information content (AvgIpc) is 3.17. The summed E-state index contributed by atoms with van der Waals surface area (Å²) in [4.78, 5) is 11.8. The molecule has 8 atom stereocenters. The van der Waals surface area contributed by atoms with Crippen LogP contribution < -0.4 is 0 Å². The molecule has 0 aromatic rings. The number of carbonyl (C=O) groups is 1. The lowest BCUT2D eigenvalue weighted by Crippen LogP contribution is -2.58. The van der Waals surface area contributed by atoms with Crippen LogP contribution in [0, 0.1) is 40.9 Å². The van der Waals surface area contributed by atoms with Gasteiger partial charge in [-0.2, -0.15) is 0 Å². The van der Waals surface area contributed by atoms with E-state index in [9.17, 15) is 9.90 Å². The van der Waals surface area contributed by atoms with Crippen LogP contribution in [0.5, 0.6) is 0 Å². The van der Waals surface area contributed by atoms with E-state index in [2.05, 4.69) is 6.92 Å². The zero-order valence-electron chi connectivity index (χ0n) is 13.2. The van der Waals surface area contributed by atoms with Gasteiger partial charge < -0.3 is 5.11 Å². The molecule has 5 saturated carbocycles. The average molecular weight is 288 g/mol. The van der Waals surface area contributed by atoms with E-state index in [1.807, 2.05) is 0 Å². The molecule has 0 aliphatic heterocycles. The third kappa shape index (κ3) is 1.56. The predicted molar refractivity (Wildman–Crippen MR) is 80.6 cm³/mol. The first-order valence-electron chi connectivity index (χ1n) is 9.26. The van der Waals surface area contributed by atoms with Gasteiger partial charge in [-0.05, 0) is 85.9 Å². The van der Waals surface area contributed by atoms with Crippen LogP contribution in [0.3, 0.4) is 0 Å². The van der Waals surface area contributed by atoms with Crippen molar-refractivity contribution in [3.05, 3.63) is 0 Å². The minimum absolute atomic E-state index is 0.278. The third-order valence-corrected chi connectivity index (χ3v) is 8.68. The molecule has 6 unspecified atom stereocenters. The Kier molecular flexibility index (Phi) is 2.45. The molecule has 116 valence electrons. The van der Waals surface area contributed by atoms with Gasteiger partial charge in [0.05, 0.1) is 5.60 Å². The van der Waals surface area contributed by atoms with Crippen molar-refractivity contribution in [1.29, 1.82) is 0 Å². The number of hydrogen-bond donors (Lipinski definition) is 1. The first kappa shape index (κ1) is 13.1. The van der Waals surface area contributed by atoms with Gasteiger partial charge in [-0.25, -0.2) is 0 Å². The lowest BCUT2D eigenvalue weighted by molar-refractivity contribution is -0.179. The van der Waals surface area contributed by atoms with Crippen molar-refractivity contribution in [2.75, 3.05) is 0 Å². The molecular weight excluding hydrogens is 260 g/mol. The van der Waals surface area contributed by atoms with Crippen molar-refractivity contribution in [1.82, 2.24) is 0 Å². The predicted octanol–water partition coefficient (Wildman–Crippen LogP) is 3.57. The Bertz CT molecular complexity index is 500. The number of ketones is 1. The maximum absolute atomic E-state index is 11.8. The Balaban J connectivity index is 1.47. The largest absolute Gasteiger partial charge is 0.389 e. The van der Waals surface area contributed by atoms with E-state index in [1.54, 1.807) is 0 Å². The van der Waals surface area contributed by atoms with Crippen LogP contribution in [0.15, 0.2) is 0 Å². The summed E-state index contributed by atoms with van der Waals surface area (Å²) in [6.45, 7) is 2.56. The molecule has 0 amide bonds. The summed E-state index contributed by atoms with van der Waals surface area (Å²) in [5.74, 6) is 4.85. The summed E-state index contributed by atoms with van der Waals surface area (Å²) in [5.41, 5.74) is 0.102. The fourth-order valence-corrected chi connectivity index (χ4v) is 7.54. The van der Waals surface area contributed by atoms with E-state index in [4.69, 9.17) is 0 Å². The lowest BCUT2D eigenvalue weighted by atomic mass is 9.48. The molecule has 0 bridgehead atoms. The number of fused-ring (bicyclic) bond motifs is 7. The fourth-order valence-electron chi connectivity index (χ4n) is 7.54. The maximum atomic E-state index is 11.8. The molecule has 0 heterocycles. The highest BCUT2D eigenvalue weighted by Crippen LogP contribution is 2.73. The summed E-state index contributed by atoms with van der Waals surface area (Å²) in [6.07, 6.45) is 9.93. The van der Waals surface area contributed by atoms with Gasteiger partial charge >= 0.3 is 0 Å². The maximum Gasteiger partial charge on any atom is 0.133 e. The molecule has 5 aliphatic rings. The van der Waals surface area contributed by atoms with Gasteiger partial charge in [-0.1, -0.05) is 6.92 Å². The SMILES string of the molecule is C[C@]12CCC3C(CCC4CC(=O)CC[C@@]43O)C1CC1CC12. The molecule has 21 heavy (non-hydrogen) atoms. The molecule has 2 nitrogen and oxygen atoms in total. The summed E-state index contributed by atoms with van der Waals surface area (Å²) in [6, 6.07) is 0. The fraction of sp³-hybridized carbons (Fsp3) is 0.947. The summed E-state index contributed by atoms with van der Waals surface area (Å²) < 4.78 is 0. The minimum Gasteiger partial charge on any atom is -0.389 e. The Hall–Kier alpha value is -0.370. The van der Waals surface area contributed by atoms with Gasteiger partial charge in [0.25, 0.3) is 0 Å². The lowest BCUT2D eigenvalue weighted by Gasteiger charge is -2.59. The number of aliphatic hydroxyl groups is 1. The monoisotopic (exact) mass is 288 g/mol. The third-order valence-electron chi connectivity index (χ3n) is 8.68. The second-order valence-corrected chi connectivity index (χ2v) is 9.27. The van der Waals surface area contributed by atoms with E-state index in [1.165, 1.54) is 32.1 Å². The van der Waals surface area contributed by atoms with E-state index < -0.39 is 5.60 Å². The molecule has 5 rings (SSSR count). The van der Waals surface area contributed by atoms with Gasteiger partial charge in [-0.15, -0.1) is 0 Å². The van der Waals surface area contributed by atoms with Crippen LogP contribution in [-0.4, -0.2) is 16.5 Å². The zero-order valence-corrected chi connectivity index (χ0v) is 13.2. The first-order valence-corrected chi connectivity index (χ1v) is 9.26. The van der Waals surface area contributed by atoms with Crippen LogP contribution >= 0.6 is 0 Å². The second kappa shape index (κ2) is 3.93. The van der Waals surface area contributed by atoms with Gasteiger partial charge in [-0.3, -0.25) is 4.79 Å². The van der Waals surface area contributed by atoms with Crippen molar-refractivity contribution < 1.29 is 9.90 Å². The second-order valence-electron chi connectivity index (χ2n) is 9.27. The molecule has 1 N–H and O–H groups in total. The van der Waals surface area contributed by atoms with Gasteiger partial charge in [0.1, 0.15) is 5.78 Å². The quantitative estimate of drug-likeness (QED) is 0.740. The standard InChI is InChI=1S/C19H28O2/c1-18-6-5-15-14(17(18)9-11-8-16(11)18)3-2-12-10-13(20)4-7-19(12,15)21/h11-12,14-17,21H,2-10H2,1H3/t11?,12?,14?,15?,16?,17?,18-,19-/m1/s1. The molecule has 5 aliphatic carbocycles. The van der Waals surface area contributed by atoms with Gasteiger partial charge in [0.15, 0.2) is 0 Å². The van der Waals surface area contributed by atoms with Crippen LogP contribution in [0.1, 0.15) is 64.7 Å². The molecular formula is C19H28O2. The minimum atomic E-state index is -0.495. The topological polar surface area (TPSA) is 37.3 Å². The van der Waals surface area contributed by atoms with Crippen LogP contribution in [-0.2, 0) is 4.79 Å². The highest BCUT2D eigenvalue weighted by molar-refractivity contribution is 5.79. The number of rotatable bonds is 0. The van der Waals surface area contributed by atoms with E-state index in [0.717, 1.165) is 36.5 Å². The highest BCUT2D eigenvalue weighted by atomic mass is 16.3. The smallest absolute Gasteiger partial charge is 0.133 e. The first-order chi connectivity index (χ1) is 10.0. The van der Waals surface area contributed by atoms with Crippen molar-refractivity contribution in [3.63, 3.8) is 0 Å². The van der Waals surface area contributed by atoms with Crippen molar-refractivity contribution >= 4 is 5.78 Å². The van der Waals surface area contributed by atoms with Crippen LogP contribution in [0.25, 0.3) is 0 Å². The van der Waals surface area contributed by atoms with E-state index in [-0.39, 0.29) is 5.92 Å². The zero-order chi connectivity index (χ0) is 14.4. The van der Waals surface area contributed by atoms with Gasteiger partial charge in [0, 0.05) is 12.8 Å². The molecule has 0 aromatic heterocycles. The van der Waals surface area contributed by atoms with Crippen molar-refractivity contribution in [2.24, 2.45) is 40.9 Å². The van der Waals surface area contributed by atoms with E-state index >= 15 is 0 Å². The Labute approximate surface area is 127 Å². The summed E-state index contributed by atoms with van der Waals surface area (Å²) >= 11 is 0. The number of carbonyl (C=O) groups excluding carboxylic acids is 1. The molecule has 0 spiro atoms. The van der Waals surface area contributed by atoms with Crippen LogP contribution in [0.2, 0.25) is 0 Å². The summed E-state index contributed by atoms with van der Waals surface area (Å²) in [5, 5.41) is 11.4. The van der Waals surface area contributed by atoms with E-state index in [0.29, 0.717) is 30.0 Å². The van der Waals surface area contributed by atoms with Gasteiger partial charge in [0.2, 0.25) is 0 Å². The number of Topliss-reactive ketones (excluding diaryl/α,β-unsaturated/α-hetero) is 1. The molecule has 5 fully saturated rings. The normalized spacial score (nSPS) is 61.5. The Morgan fingerprint density at radius 3 is 2.71 bits per heavy atom. The summed E-state index contributed by atoms with van der Waals surface area (Å²) in [7, 11) is 0. The van der Waals surface area contributed by atoms with Crippen molar-refractivity contribution in [3.8, 4) is 0 Å².